The van der Waals surface area contributed by atoms with Gasteiger partial charge in [-0.25, -0.2) is 0 Å². The van der Waals surface area contributed by atoms with Crippen molar-refractivity contribution in [1.29, 1.82) is 0 Å². The smallest absolute Gasteiger partial charge is 0.383 e. The number of hydrogen-bond acceptors (Lipinski definition) is 5. The molecule has 1 aromatic heterocycles. The Balaban J connectivity index is 1.34. The number of aromatic nitrogens is 2. The quantitative estimate of drug-likeness (QED) is 0.368. The van der Waals surface area contributed by atoms with E-state index in [0.717, 1.165) is 16.5 Å². The average Bonchev–Trinajstić information content (AvgIpc) is 3.19. The Kier molecular flexibility index (Phi) is 7.36. The Morgan fingerprint density at radius 3 is 2.54 bits per heavy atom. The van der Waals surface area contributed by atoms with E-state index in [1.54, 1.807) is 18.1 Å². The minimum atomic E-state index is -4.36. The second-order valence-corrected chi connectivity index (χ2v) is 9.56. The zero-order chi connectivity index (χ0) is 25.2. The maximum atomic E-state index is 12.6. The van der Waals surface area contributed by atoms with E-state index < -0.39 is 5.51 Å². The van der Waals surface area contributed by atoms with Gasteiger partial charge in [-0.15, -0.1) is 0 Å². The molecule has 0 radical (unpaired) electrons. The van der Waals surface area contributed by atoms with Gasteiger partial charge in [-0.1, -0.05) is 0 Å². The average molecular weight is 507 g/mol. The van der Waals surface area contributed by atoms with Gasteiger partial charge >= 0.3 is 5.51 Å². The Bertz CT molecular complexity index is 1220. The molecule has 4 rings (SSSR count). The third-order valence-electron chi connectivity index (χ3n) is 5.87. The maximum Gasteiger partial charge on any atom is 0.446 e. The summed E-state index contributed by atoms with van der Waals surface area (Å²) in [5.74, 6) is -0.145. The molecule has 1 N–H and O–H groups in total. The van der Waals surface area contributed by atoms with Crippen molar-refractivity contribution in [3.63, 3.8) is 0 Å². The summed E-state index contributed by atoms with van der Waals surface area (Å²) in [7, 11) is 1.58. The van der Waals surface area contributed by atoms with Gasteiger partial charge in [0.2, 0.25) is 0 Å². The molecule has 0 saturated carbocycles. The predicted octanol–water partition coefficient (Wildman–Crippen LogP) is 4.11. The summed E-state index contributed by atoms with van der Waals surface area (Å²) in [6.45, 7) is 4.46. The first-order chi connectivity index (χ1) is 16.6. The largest absolute Gasteiger partial charge is 0.446 e. The number of nitrogens with zero attached hydrogens (tertiary/aromatic N) is 3. The number of aryl methyl sites for hydroxylation is 1. The van der Waals surface area contributed by atoms with E-state index in [2.05, 4.69) is 10.4 Å². The molecule has 1 aliphatic rings. The topological polar surface area (TPSA) is 76.5 Å². The molecular formula is C24H25F3N4O3S. The van der Waals surface area contributed by atoms with Gasteiger partial charge in [0.25, 0.3) is 11.8 Å². The van der Waals surface area contributed by atoms with Gasteiger partial charge in [0.05, 0.1) is 12.1 Å². The number of carbonyl (C=O) groups is 2. The fourth-order valence-electron chi connectivity index (χ4n) is 4.08. The number of carbonyl (C=O) groups excluding carboxylic acids is 2. The molecule has 1 fully saturated rings. The summed E-state index contributed by atoms with van der Waals surface area (Å²) in [4.78, 5) is 26.8. The molecule has 11 heteroatoms. The summed E-state index contributed by atoms with van der Waals surface area (Å²) in [5.41, 5.74) is -1.76. The number of likely N-dealkylation sites (tertiary alicyclic amines) is 1. The second kappa shape index (κ2) is 10.3. The number of methoxy groups -OCH3 is 1. The summed E-state index contributed by atoms with van der Waals surface area (Å²) < 4.78 is 44.2. The van der Waals surface area contributed by atoms with Crippen LogP contribution >= 0.6 is 11.8 Å². The molecular weight excluding hydrogens is 481 g/mol. The molecule has 0 spiro atoms. The van der Waals surface area contributed by atoms with Crippen LogP contribution in [0.2, 0.25) is 0 Å². The molecule has 7 nitrogen and oxygen atoms in total. The number of ether oxygens (including phenoxy) is 1. The van der Waals surface area contributed by atoms with Crippen LogP contribution in [0, 0.1) is 12.8 Å². The third kappa shape index (κ3) is 5.96. The van der Waals surface area contributed by atoms with E-state index in [0.29, 0.717) is 43.9 Å². The molecule has 186 valence electrons. The minimum Gasteiger partial charge on any atom is -0.383 e. The fourth-order valence-corrected chi connectivity index (χ4v) is 4.62. The van der Waals surface area contributed by atoms with Gasteiger partial charge in [-0.3, -0.25) is 14.3 Å². The SMILES string of the molecule is COCCNC(=O)c1ccc2nn(CC3CN(C(=O)c4ccc(SC(F)(F)F)cc4)C3)cc2c1C. The Morgan fingerprint density at radius 2 is 1.89 bits per heavy atom. The molecule has 0 bridgehead atoms. The predicted molar refractivity (Wildman–Crippen MR) is 126 cm³/mol. The lowest BCUT2D eigenvalue weighted by Crippen LogP contribution is -2.51. The van der Waals surface area contributed by atoms with Gasteiger partial charge < -0.3 is 15.0 Å². The van der Waals surface area contributed by atoms with Crippen molar-refractivity contribution < 1.29 is 27.5 Å². The molecule has 2 amide bonds. The molecule has 3 aromatic rings. The van der Waals surface area contributed by atoms with E-state index in [1.807, 2.05) is 23.9 Å². The zero-order valence-corrected chi connectivity index (χ0v) is 20.1. The van der Waals surface area contributed by atoms with E-state index in [4.69, 9.17) is 4.74 Å². The first-order valence-electron chi connectivity index (χ1n) is 11.0. The van der Waals surface area contributed by atoms with Crippen molar-refractivity contribution in [3.05, 3.63) is 59.3 Å². The first-order valence-corrected chi connectivity index (χ1v) is 11.8. The molecule has 0 atom stereocenters. The van der Waals surface area contributed by atoms with E-state index in [-0.39, 0.29) is 34.4 Å². The van der Waals surface area contributed by atoms with Crippen molar-refractivity contribution >= 4 is 34.5 Å². The molecule has 2 aromatic carbocycles. The molecule has 0 aliphatic carbocycles. The van der Waals surface area contributed by atoms with Crippen LogP contribution < -0.4 is 5.32 Å². The maximum absolute atomic E-state index is 12.6. The van der Waals surface area contributed by atoms with E-state index >= 15 is 0 Å². The normalized spacial score (nSPS) is 14.3. The fraction of sp³-hybridized carbons (Fsp3) is 0.375. The Morgan fingerprint density at radius 1 is 1.17 bits per heavy atom. The molecule has 0 unspecified atom stereocenters. The van der Waals surface area contributed by atoms with Crippen LogP contribution in [0.15, 0.2) is 47.5 Å². The highest BCUT2D eigenvalue weighted by molar-refractivity contribution is 8.00. The second-order valence-electron chi connectivity index (χ2n) is 8.42. The number of halogens is 3. The lowest BCUT2D eigenvalue weighted by Gasteiger charge is -2.39. The van der Waals surface area contributed by atoms with Crippen LogP contribution in [0.3, 0.4) is 0 Å². The molecule has 1 aliphatic heterocycles. The van der Waals surface area contributed by atoms with Gasteiger partial charge in [-0.2, -0.15) is 18.3 Å². The van der Waals surface area contributed by atoms with Gasteiger partial charge in [0.15, 0.2) is 0 Å². The number of thioether (sulfide) groups is 1. The van der Waals surface area contributed by atoms with Gasteiger partial charge in [0.1, 0.15) is 0 Å². The minimum absolute atomic E-state index is 0.0483. The number of alkyl halides is 3. The Hall–Kier alpha value is -3.05. The zero-order valence-electron chi connectivity index (χ0n) is 19.3. The highest BCUT2D eigenvalue weighted by Gasteiger charge is 2.32. The monoisotopic (exact) mass is 506 g/mol. The van der Waals surface area contributed by atoms with Crippen LogP contribution in [0.25, 0.3) is 10.9 Å². The summed E-state index contributed by atoms with van der Waals surface area (Å²) in [5, 5.41) is 8.33. The van der Waals surface area contributed by atoms with Crippen LogP contribution in [0.1, 0.15) is 26.3 Å². The van der Waals surface area contributed by atoms with E-state index in [1.165, 1.54) is 24.3 Å². The number of benzene rings is 2. The Labute approximate surface area is 204 Å². The van der Waals surface area contributed by atoms with Crippen molar-refractivity contribution in [2.24, 2.45) is 5.92 Å². The van der Waals surface area contributed by atoms with Crippen LogP contribution in [-0.4, -0.2) is 65.4 Å². The van der Waals surface area contributed by atoms with Crippen molar-refractivity contribution in [1.82, 2.24) is 20.0 Å². The standard InChI is InChI=1S/C24H25F3N4O3S/c1-15-19(22(32)28-9-10-34-2)7-8-21-20(15)14-31(29-21)13-16-11-30(12-16)23(33)17-3-5-18(6-4-17)35-24(25,26)27/h3-8,14,16H,9-13H2,1-2H3,(H,28,32). The van der Waals surface area contributed by atoms with Crippen LogP contribution in [0.4, 0.5) is 13.2 Å². The number of fused-ring (bicyclic) bond motifs is 1. The van der Waals surface area contributed by atoms with Crippen molar-refractivity contribution in [2.75, 3.05) is 33.4 Å². The van der Waals surface area contributed by atoms with E-state index in [9.17, 15) is 22.8 Å². The third-order valence-corrected chi connectivity index (χ3v) is 6.61. The number of nitrogens with one attached hydrogen (secondary N) is 1. The van der Waals surface area contributed by atoms with Crippen molar-refractivity contribution in [3.8, 4) is 0 Å². The van der Waals surface area contributed by atoms with Crippen LogP contribution in [0.5, 0.6) is 0 Å². The lowest BCUT2D eigenvalue weighted by molar-refractivity contribution is -0.0328. The number of hydrogen-bond donors (Lipinski definition) is 1. The summed E-state index contributed by atoms with van der Waals surface area (Å²) in [6.07, 6.45) is 1.91. The highest BCUT2D eigenvalue weighted by Crippen LogP contribution is 2.36. The molecule has 35 heavy (non-hydrogen) atoms. The first kappa shape index (κ1) is 25.1. The summed E-state index contributed by atoms with van der Waals surface area (Å²) in [6, 6.07) is 9.06. The van der Waals surface area contributed by atoms with Crippen LogP contribution in [-0.2, 0) is 11.3 Å². The number of rotatable bonds is 8. The molecule has 2 heterocycles. The molecule has 1 saturated heterocycles. The van der Waals surface area contributed by atoms with Crippen molar-refractivity contribution in [2.45, 2.75) is 23.9 Å². The summed E-state index contributed by atoms with van der Waals surface area (Å²) >= 11 is -0.202. The highest BCUT2D eigenvalue weighted by atomic mass is 32.2. The van der Waals surface area contributed by atoms with Gasteiger partial charge in [0, 0.05) is 66.8 Å². The number of amides is 2. The lowest BCUT2D eigenvalue weighted by atomic mass is 9.99. The van der Waals surface area contributed by atoms with Gasteiger partial charge in [-0.05, 0) is 60.6 Å².